The van der Waals surface area contributed by atoms with Gasteiger partial charge in [-0.1, -0.05) is 6.07 Å². The summed E-state index contributed by atoms with van der Waals surface area (Å²) in [6, 6.07) is 14.0. The minimum absolute atomic E-state index is 0.0450. The number of aromatic amines is 1. The van der Waals surface area contributed by atoms with Crippen molar-refractivity contribution in [3.8, 4) is 11.1 Å². The molecule has 8 rings (SSSR count). The minimum Gasteiger partial charge on any atom is -0.382 e. The van der Waals surface area contributed by atoms with Gasteiger partial charge in [0.1, 0.15) is 11.9 Å². The summed E-state index contributed by atoms with van der Waals surface area (Å²) in [4.78, 5) is 103. The second-order valence-corrected chi connectivity index (χ2v) is 17.9. The molecule has 3 aliphatic heterocycles. The van der Waals surface area contributed by atoms with E-state index in [4.69, 9.17) is 9.72 Å². The predicted molar refractivity (Wildman–Crippen MR) is 257 cm³/mol. The number of ether oxygens (including phenoxy) is 1. The lowest BCUT2D eigenvalue weighted by molar-refractivity contribution is -0.136. The van der Waals surface area contributed by atoms with Gasteiger partial charge >= 0.3 is 0 Å². The lowest BCUT2D eigenvalue weighted by Crippen LogP contribution is -2.54. The van der Waals surface area contributed by atoms with E-state index in [-0.39, 0.29) is 73.6 Å². The number of aromatic nitrogens is 3. The van der Waals surface area contributed by atoms with E-state index in [0.29, 0.717) is 36.4 Å². The molecule has 2 aromatic carbocycles. The lowest BCUT2D eigenvalue weighted by Gasteiger charge is -2.35. The first kappa shape index (κ1) is 47.3. The number of hydrogen-bond acceptors (Lipinski definition) is 12. The highest BCUT2D eigenvalue weighted by molar-refractivity contribution is 6.25. The normalized spacial score (nSPS) is 16.4. The van der Waals surface area contributed by atoms with Crippen molar-refractivity contribution in [3.05, 3.63) is 110 Å². The maximum Gasteiger partial charge on any atom is 0.264 e. The summed E-state index contributed by atoms with van der Waals surface area (Å²) in [6.07, 6.45) is 4.25. The van der Waals surface area contributed by atoms with Crippen LogP contribution in [0.4, 0.5) is 11.5 Å². The molecule has 3 aromatic heterocycles. The molecule has 68 heavy (non-hydrogen) atoms. The number of nitrogens with one attached hydrogen (secondary N) is 5. The number of benzene rings is 2. The number of aryl methyl sites for hydroxylation is 3. The fourth-order valence-electron chi connectivity index (χ4n) is 9.30. The highest BCUT2D eigenvalue weighted by Gasteiger charge is 2.45. The summed E-state index contributed by atoms with van der Waals surface area (Å²) >= 11 is 0. The molecule has 2 fully saturated rings. The summed E-state index contributed by atoms with van der Waals surface area (Å²) in [5, 5.41) is 12.2. The maximum absolute atomic E-state index is 13.9. The molecule has 0 radical (unpaired) electrons. The first-order valence-corrected chi connectivity index (χ1v) is 23.2. The van der Waals surface area contributed by atoms with E-state index in [9.17, 15) is 33.6 Å². The number of fused-ring (bicyclic) bond motifs is 2. The average Bonchev–Trinajstić information content (AvgIpc) is 3.79. The van der Waals surface area contributed by atoms with Crippen molar-refractivity contribution in [2.75, 3.05) is 69.2 Å². The van der Waals surface area contributed by atoms with Crippen LogP contribution >= 0.6 is 0 Å². The highest BCUT2D eigenvalue weighted by atomic mass is 16.5. The second-order valence-electron chi connectivity index (χ2n) is 17.9. The maximum atomic E-state index is 13.9. The van der Waals surface area contributed by atoms with Crippen molar-refractivity contribution in [2.24, 2.45) is 0 Å². The number of hydrogen-bond donors (Lipinski definition) is 5. The van der Waals surface area contributed by atoms with Gasteiger partial charge in [-0.15, -0.1) is 0 Å². The van der Waals surface area contributed by atoms with E-state index < -0.39 is 29.7 Å². The number of piperidine rings is 1. The number of pyridine rings is 2. The van der Waals surface area contributed by atoms with Crippen LogP contribution in [0.15, 0.2) is 65.7 Å². The summed E-state index contributed by atoms with van der Waals surface area (Å²) < 4.78 is 7.86. The Hall–Kier alpha value is -7.18. The SMILES string of the molecule is Cc1cc(C)c(CNC(=O)c2cc(-c3ccc(N4CCN(CCNC(=O)CCOCCNc5cccc6c5C(=O)N(C5CCC(=O)NC5=O)C6=O)CC4)nc3)cc3c2c(C)cn3C(C)C)c(=O)[nH]1. The van der Waals surface area contributed by atoms with Crippen LogP contribution in [0.25, 0.3) is 22.0 Å². The molecule has 5 N–H and O–H groups in total. The number of carbonyl (C=O) groups is 6. The Kier molecular flexibility index (Phi) is 14.2. The van der Waals surface area contributed by atoms with Crippen molar-refractivity contribution in [2.45, 2.75) is 72.5 Å². The Morgan fingerprint density at radius 3 is 2.40 bits per heavy atom. The molecule has 0 saturated carbocycles. The number of nitrogens with zero attached hydrogens (tertiary/aromatic N) is 5. The van der Waals surface area contributed by atoms with Gasteiger partial charge in [-0.3, -0.25) is 48.7 Å². The zero-order valence-corrected chi connectivity index (χ0v) is 39.1. The second kappa shape index (κ2) is 20.4. The number of carbonyl (C=O) groups excluding carboxylic acids is 6. The van der Waals surface area contributed by atoms with Crippen LogP contribution in [-0.4, -0.2) is 125 Å². The van der Waals surface area contributed by atoms with Gasteiger partial charge in [0, 0.05) is 123 Å². The summed E-state index contributed by atoms with van der Waals surface area (Å²) in [5.41, 5.74) is 6.98. The number of H-pyrrole nitrogens is 1. The first-order chi connectivity index (χ1) is 32.7. The Bertz CT molecular complexity index is 2840. The number of anilines is 2. The molecule has 3 aliphatic rings. The zero-order chi connectivity index (χ0) is 48.2. The Labute approximate surface area is 393 Å². The van der Waals surface area contributed by atoms with Crippen LogP contribution in [0.2, 0.25) is 0 Å². The molecule has 1 unspecified atom stereocenters. The van der Waals surface area contributed by atoms with Gasteiger partial charge in [0.25, 0.3) is 23.3 Å². The fourth-order valence-corrected chi connectivity index (χ4v) is 9.30. The number of piperazine rings is 1. The topological polar surface area (TPSA) is 220 Å². The largest absolute Gasteiger partial charge is 0.382 e. The third-order valence-electron chi connectivity index (χ3n) is 12.9. The molecular weight excluding hydrogens is 869 g/mol. The van der Waals surface area contributed by atoms with Gasteiger partial charge in [0.15, 0.2) is 0 Å². The van der Waals surface area contributed by atoms with E-state index in [1.54, 1.807) is 12.1 Å². The molecule has 5 aromatic rings. The van der Waals surface area contributed by atoms with E-state index >= 15 is 0 Å². The monoisotopic (exact) mass is 926 g/mol. The summed E-state index contributed by atoms with van der Waals surface area (Å²) in [6.45, 7) is 15.2. The van der Waals surface area contributed by atoms with Gasteiger partial charge in [0.05, 0.1) is 24.3 Å². The predicted octanol–water partition coefficient (Wildman–Crippen LogP) is 3.99. The number of rotatable bonds is 17. The molecule has 2 saturated heterocycles. The summed E-state index contributed by atoms with van der Waals surface area (Å²) in [7, 11) is 0. The molecule has 6 heterocycles. The molecular formula is C50H58N10O8. The quantitative estimate of drug-likeness (QED) is 0.0661. The molecule has 18 heteroatoms. The van der Waals surface area contributed by atoms with Crippen molar-refractivity contribution in [1.29, 1.82) is 0 Å². The van der Waals surface area contributed by atoms with Crippen LogP contribution in [0, 0.1) is 20.8 Å². The number of amides is 6. The Balaban J connectivity index is 0.772. The molecule has 0 aliphatic carbocycles. The molecule has 0 bridgehead atoms. The van der Waals surface area contributed by atoms with Gasteiger partial charge < -0.3 is 35.1 Å². The fraction of sp³-hybridized carbons (Fsp3) is 0.400. The Morgan fingerprint density at radius 2 is 1.68 bits per heavy atom. The van der Waals surface area contributed by atoms with E-state index in [1.807, 2.05) is 51.2 Å². The molecule has 6 amide bonds. The van der Waals surface area contributed by atoms with Crippen LogP contribution in [0.3, 0.4) is 0 Å². The minimum atomic E-state index is -1.04. The molecule has 18 nitrogen and oxygen atoms in total. The lowest BCUT2D eigenvalue weighted by atomic mass is 9.98. The smallest absolute Gasteiger partial charge is 0.264 e. The van der Waals surface area contributed by atoms with Crippen LogP contribution in [0.1, 0.15) is 92.6 Å². The first-order valence-electron chi connectivity index (χ1n) is 23.2. The van der Waals surface area contributed by atoms with Crippen molar-refractivity contribution in [1.82, 2.24) is 40.3 Å². The highest BCUT2D eigenvalue weighted by Crippen LogP contribution is 2.34. The van der Waals surface area contributed by atoms with E-state index in [2.05, 4.69) is 66.7 Å². The standard InChI is InChI=1S/C50H58N10O8/c1-29(2)59-28-31(4)44-36(46(63)54-27-37-30(3)23-32(5)55-47(37)64)24-34(25-40(44)59)33-9-11-41(53-26-33)58-19-17-57(18-20-58)16-14-52-42(61)13-21-68-22-15-51-38-8-6-7-35-45(38)50(67)60(49(35)66)39-10-12-43(62)56-48(39)65/h6-9,11,23-26,28-29,39,51H,10,12-22,27H2,1-5H3,(H,52,61)(H,54,63)(H,55,64)(H,56,62,65). The van der Waals surface area contributed by atoms with E-state index in [0.717, 1.165) is 75.7 Å². The zero-order valence-electron chi connectivity index (χ0n) is 39.1. The Morgan fingerprint density at radius 1 is 0.882 bits per heavy atom. The van der Waals surface area contributed by atoms with Crippen LogP contribution in [-0.2, 0) is 25.7 Å². The van der Waals surface area contributed by atoms with Gasteiger partial charge in [-0.05, 0) is 100 Å². The average molecular weight is 927 g/mol. The molecule has 0 spiro atoms. The van der Waals surface area contributed by atoms with Gasteiger partial charge in [-0.2, -0.15) is 0 Å². The number of imide groups is 2. The molecule has 1 atom stereocenters. The van der Waals surface area contributed by atoms with Crippen LogP contribution in [0.5, 0.6) is 0 Å². The van der Waals surface area contributed by atoms with E-state index in [1.165, 1.54) is 6.07 Å². The third-order valence-corrected chi connectivity index (χ3v) is 12.9. The van der Waals surface area contributed by atoms with Crippen molar-refractivity contribution in [3.63, 3.8) is 0 Å². The van der Waals surface area contributed by atoms with Gasteiger partial charge in [0.2, 0.25) is 17.7 Å². The van der Waals surface area contributed by atoms with Crippen LogP contribution < -0.4 is 31.7 Å². The van der Waals surface area contributed by atoms with Crippen molar-refractivity contribution >= 4 is 57.9 Å². The van der Waals surface area contributed by atoms with Crippen molar-refractivity contribution < 1.29 is 33.5 Å². The molecule has 356 valence electrons. The third kappa shape index (κ3) is 10.1. The summed E-state index contributed by atoms with van der Waals surface area (Å²) in [5.74, 6) is -1.76. The van der Waals surface area contributed by atoms with Gasteiger partial charge in [-0.25, -0.2) is 4.98 Å².